The van der Waals surface area contributed by atoms with Crippen molar-refractivity contribution in [2.24, 2.45) is 23.7 Å². The Balaban J connectivity index is 1.36. The highest BCUT2D eigenvalue weighted by molar-refractivity contribution is 6.08. The summed E-state index contributed by atoms with van der Waals surface area (Å²) in [6, 6.07) is 5.52. The van der Waals surface area contributed by atoms with E-state index in [1.807, 2.05) is 26.0 Å². The molecule has 0 unspecified atom stereocenters. The Hall–Kier alpha value is -2.50. The number of imide groups is 1. The van der Waals surface area contributed by atoms with Crippen LogP contribution in [0.4, 0.5) is 0 Å². The van der Waals surface area contributed by atoms with E-state index in [1.54, 1.807) is 6.07 Å². The second kappa shape index (κ2) is 6.59. The number of Topliss-reactive ketones (excluding diaryl/α,β-unsaturated/α-hetero) is 1. The van der Waals surface area contributed by atoms with Gasteiger partial charge in [-0.3, -0.25) is 24.1 Å². The number of hydrogen-bond acceptors (Lipinski definition) is 5. The Kier molecular flexibility index (Phi) is 4.36. The van der Waals surface area contributed by atoms with Crippen LogP contribution in [0.2, 0.25) is 0 Å². The number of carbonyl (C=O) groups is 4. The van der Waals surface area contributed by atoms with Crippen molar-refractivity contribution in [1.82, 2.24) is 4.90 Å². The Labute approximate surface area is 157 Å². The molecule has 1 aromatic carbocycles. The van der Waals surface area contributed by atoms with Crippen molar-refractivity contribution in [3.63, 3.8) is 0 Å². The Morgan fingerprint density at radius 2 is 1.70 bits per heavy atom. The number of amides is 2. The van der Waals surface area contributed by atoms with E-state index in [1.165, 1.54) is 0 Å². The number of esters is 1. The topological polar surface area (TPSA) is 80.8 Å². The smallest absolute Gasteiger partial charge is 0.326 e. The van der Waals surface area contributed by atoms with E-state index >= 15 is 0 Å². The predicted molar refractivity (Wildman–Crippen MR) is 95.7 cm³/mol. The van der Waals surface area contributed by atoms with Crippen molar-refractivity contribution < 1.29 is 23.9 Å². The van der Waals surface area contributed by atoms with Crippen LogP contribution in [-0.2, 0) is 19.1 Å². The third-order valence-electron chi connectivity index (χ3n) is 6.36. The molecule has 3 fully saturated rings. The number of nitrogens with zero attached hydrogens (tertiary/aromatic N) is 1. The van der Waals surface area contributed by atoms with Gasteiger partial charge in [-0.15, -0.1) is 0 Å². The van der Waals surface area contributed by atoms with Crippen molar-refractivity contribution in [2.75, 3.05) is 13.2 Å². The molecule has 6 heteroatoms. The summed E-state index contributed by atoms with van der Waals surface area (Å²) in [7, 11) is 0. The van der Waals surface area contributed by atoms with Crippen LogP contribution in [0.5, 0.6) is 0 Å². The summed E-state index contributed by atoms with van der Waals surface area (Å²) in [6.07, 6.45) is 2.94. The summed E-state index contributed by atoms with van der Waals surface area (Å²) >= 11 is 0. The molecule has 6 nitrogen and oxygen atoms in total. The van der Waals surface area contributed by atoms with Crippen LogP contribution in [0.1, 0.15) is 40.7 Å². The Morgan fingerprint density at radius 1 is 1.07 bits per heavy atom. The molecule has 1 heterocycles. The zero-order chi connectivity index (χ0) is 19.3. The van der Waals surface area contributed by atoms with Gasteiger partial charge in [-0.2, -0.15) is 0 Å². The van der Waals surface area contributed by atoms with Crippen molar-refractivity contribution in [2.45, 2.75) is 33.1 Å². The zero-order valence-electron chi connectivity index (χ0n) is 15.6. The normalized spacial score (nSPS) is 28.6. The van der Waals surface area contributed by atoms with Gasteiger partial charge in [-0.25, -0.2) is 0 Å². The first-order chi connectivity index (χ1) is 12.9. The molecule has 1 aromatic rings. The molecule has 2 bridgehead atoms. The van der Waals surface area contributed by atoms with Gasteiger partial charge in [0.25, 0.3) is 0 Å². The Morgan fingerprint density at radius 3 is 2.33 bits per heavy atom. The van der Waals surface area contributed by atoms with E-state index in [0.29, 0.717) is 5.56 Å². The highest BCUT2D eigenvalue weighted by Crippen LogP contribution is 2.56. The molecule has 0 N–H and O–H groups in total. The van der Waals surface area contributed by atoms with Crippen molar-refractivity contribution in [3.05, 3.63) is 34.9 Å². The van der Waals surface area contributed by atoms with E-state index in [-0.39, 0.29) is 41.3 Å². The molecule has 2 amide bonds. The standard InChI is InChI=1S/C21H23NO5/c1-11-3-4-12(2)15(7-11)16(23)10-27-17(24)9-22-20(25)18-13-5-6-14(8-13)19(18)21(22)26/h3-4,7,13-14,18-19H,5-6,8-10H2,1-2H3/t13-,14-,18-,19+/m1/s1. The summed E-state index contributed by atoms with van der Waals surface area (Å²) in [6.45, 7) is 2.92. The molecule has 4 atom stereocenters. The van der Waals surface area contributed by atoms with Gasteiger partial charge in [0.1, 0.15) is 6.54 Å². The summed E-state index contributed by atoms with van der Waals surface area (Å²) < 4.78 is 5.07. The van der Waals surface area contributed by atoms with Gasteiger partial charge in [-0.05, 0) is 56.6 Å². The van der Waals surface area contributed by atoms with Crippen LogP contribution in [0, 0.1) is 37.5 Å². The largest absolute Gasteiger partial charge is 0.456 e. The fourth-order valence-corrected chi connectivity index (χ4v) is 5.06. The number of aryl methyl sites for hydroxylation is 2. The second-order valence-electron chi connectivity index (χ2n) is 8.05. The summed E-state index contributed by atoms with van der Waals surface area (Å²) in [4.78, 5) is 50.7. The maximum absolute atomic E-state index is 12.6. The molecule has 27 heavy (non-hydrogen) atoms. The van der Waals surface area contributed by atoms with Crippen LogP contribution in [0.25, 0.3) is 0 Å². The molecular formula is C21H23NO5. The van der Waals surface area contributed by atoms with Crippen molar-refractivity contribution >= 4 is 23.6 Å². The van der Waals surface area contributed by atoms with E-state index in [4.69, 9.17) is 4.74 Å². The van der Waals surface area contributed by atoms with Gasteiger partial charge in [0.15, 0.2) is 6.61 Å². The average Bonchev–Trinajstić information content (AvgIpc) is 3.31. The van der Waals surface area contributed by atoms with Gasteiger partial charge in [-0.1, -0.05) is 17.7 Å². The third-order valence-corrected chi connectivity index (χ3v) is 6.36. The van der Waals surface area contributed by atoms with Crippen LogP contribution in [0.15, 0.2) is 18.2 Å². The minimum Gasteiger partial charge on any atom is -0.456 e. The fraction of sp³-hybridized carbons (Fsp3) is 0.524. The number of fused-ring (bicyclic) bond motifs is 5. The summed E-state index contributed by atoms with van der Waals surface area (Å²) in [5.41, 5.74) is 2.28. The SMILES string of the molecule is Cc1ccc(C)c(C(=O)COC(=O)CN2C(=O)[C@@H]3[C@@H]4CC[C@H](C4)[C@@H]3C2=O)c1. The lowest BCUT2D eigenvalue weighted by Crippen LogP contribution is -2.38. The first kappa shape index (κ1) is 17.9. The number of benzene rings is 1. The summed E-state index contributed by atoms with van der Waals surface area (Å²) in [5, 5.41) is 0. The van der Waals surface area contributed by atoms with E-state index < -0.39 is 19.1 Å². The molecule has 0 aromatic heterocycles. The number of hydrogen-bond donors (Lipinski definition) is 0. The van der Waals surface area contributed by atoms with Gasteiger partial charge < -0.3 is 4.74 Å². The van der Waals surface area contributed by atoms with Crippen molar-refractivity contribution in [1.29, 1.82) is 0 Å². The maximum Gasteiger partial charge on any atom is 0.326 e. The molecule has 0 spiro atoms. The number of rotatable bonds is 5. The highest BCUT2D eigenvalue weighted by Gasteiger charge is 2.61. The molecule has 142 valence electrons. The Bertz CT molecular complexity index is 817. The molecule has 1 aliphatic heterocycles. The first-order valence-corrected chi connectivity index (χ1v) is 9.48. The van der Waals surface area contributed by atoms with Gasteiger partial charge in [0.2, 0.25) is 17.6 Å². The van der Waals surface area contributed by atoms with Crippen LogP contribution in [0.3, 0.4) is 0 Å². The van der Waals surface area contributed by atoms with E-state index in [0.717, 1.165) is 35.3 Å². The van der Waals surface area contributed by atoms with Gasteiger partial charge in [0, 0.05) is 5.56 Å². The number of carbonyl (C=O) groups excluding carboxylic acids is 4. The zero-order valence-corrected chi connectivity index (χ0v) is 15.6. The molecule has 1 saturated heterocycles. The molecule has 3 aliphatic rings. The quantitative estimate of drug-likeness (QED) is 0.451. The molecular weight excluding hydrogens is 346 g/mol. The van der Waals surface area contributed by atoms with Gasteiger partial charge in [0.05, 0.1) is 11.8 Å². The molecule has 0 radical (unpaired) electrons. The lowest BCUT2D eigenvalue weighted by Gasteiger charge is -2.19. The highest BCUT2D eigenvalue weighted by atomic mass is 16.5. The first-order valence-electron chi connectivity index (χ1n) is 9.48. The number of likely N-dealkylation sites (tertiary alicyclic amines) is 1. The van der Waals surface area contributed by atoms with E-state index in [9.17, 15) is 19.2 Å². The number of ether oxygens (including phenoxy) is 1. The third kappa shape index (κ3) is 2.97. The minimum absolute atomic E-state index is 0.241. The molecule has 2 aliphatic carbocycles. The fourth-order valence-electron chi connectivity index (χ4n) is 5.06. The van der Waals surface area contributed by atoms with Gasteiger partial charge >= 0.3 is 5.97 Å². The minimum atomic E-state index is -0.720. The molecule has 4 rings (SSSR count). The van der Waals surface area contributed by atoms with Crippen LogP contribution in [-0.4, -0.2) is 41.6 Å². The monoisotopic (exact) mass is 369 g/mol. The predicted octanol–water partition coefficient (Wildman–Crippen LogP) is 2.06. The number of ketones is 1. The van der Waals surface area contributed by atoms with Crippen LogP contribution >= 0.6 is 0 Å². The lowest BCUT2D eigenvalue weighted by atomic mass is 9.81. The second-order valence-corrected chi connectivity index (χ2v) is 8.05. The maximum atomic E-state index is 12.6. The average molecular weight is 369 g/mol. The van der Waals surface area contributed by atoms with Crippen LogP contribution < -0.4 is 0 Å². The lowest BCUT2D eigenvalue weighted by molar-refractivity contribution is -0.152. The summed E-state index contributed by atoms with van der Waals surface area (Å²) in [5.74, 6) is -1.43. The molecule has 2 saturated carbocycles. The van der Waals surface area contributed by atoms with Crippen molar-refractivity contribution in [3.8, 4) is 0 Å². The van der Waals surface area contributed by atoms with E-state index in [2.05, 4.69) is 0 Å².